The van der Waals surface area contributed by atoms with Gasteiger partial charge in [0.25, 0.3) is 0 Å². The first-order chi connectivity index (χ1) is 14.6. The van der Waals surface area contributed by atoms with Crippen LogP contribution in [0, 0.1) is 5.82 Å². The molecule has 5 nitrogen and oxygen atoms in total. The highest BCUT2D eigenvalue weighted by atomic mass is 19.1. The third-order valence-electron chi connectivity index (χ3n) is 6.59. The van der Waals surface area contributed by atoms with Gasteiger partial charge in [-0.15, -0.1) is 0 Å². The number of aldehydes is 1. The minimum Gasteiger partial charge on any atom is -0.497 e. The smallest absolute Gasteiger partial charge is 0.138 e. The lowest BCUT2D eigenvalue weighted by molar-refractivity contribution is -0.113. The summed E-state index contributed by atoms with van der Waals surface area (Å²) in [7, 11) is 1.65. The molecule has 0 saturated carbocycles. The van der Waals surface area contributed by atoms with E-state index in [1.165, 1.54) is 12.1 Å². The number of aliphatic hydroxyl groups is 1. The number of hydrogen-bond donors (Lipinski definition) is 1. The van der Waals surface area contributed by atoms with Crippen molar-refractivity contribution in [1.82, 2.24) is 9.80 Å². The van der Waals surface area contributed by atoms with Crippen molar-refractivity contribution in [2.75, 3.05) is 26.7 Å². The number of nitrogens with zero attached hydrogens (tertiary/aromatic N) is 2. The number of β-amino-alcohol motifs (C(OH)–C–C–N with tert-alkyl or cyclic N) is 1. The molecular weight excluding hydrogens is 383 g/mol. The maximum absolute atomic E-state index is 13.2. The summed E-state index contributed by atoms with van der Waals surface area (Å²) in [5, 5.41) is 10.9. The molecule has 0 aromatic heterocycles. The molecule has 0 amide bonds. The van der Waals surface area contributed by atoms with Gasteiger partial charge >= 0.3 is 0 Å². The predicted octanol–water partition coefficient (Wildman–Crippen LogP) is 2.83. The summed E-state index contributed by atoms with van der Waals surface area (Å²) >= 11 is 0. The SMILES string of the molecule is COc1ccc([C@H]2CCN(C3CCN(Cc4ccc(F)cc4)C3C=O)C[C@@H]2O)cc1. The molecule has 2 fully saturated rings. The maximum atomic E-state index is 13.2. The monoisotopic (exact) mass is 412 g/mol. The van der Waals surface area contributed by atoms with Gasteiger partial charge in [0.1, 0.15) is 17.9 Å². The summed E-state index contributed by atoms with van der Waals surface area (Å²) in [6.45, 7) is 2.87. The summed E-state index contributed by atoms with van der Waals surface area (Å²) in [5.41, 5.74) is 2.13. The third kappa shape index (κ3) is 4.41. The van der Waals surface area contributed by atoms with E-state index in [0.29, 0.717) is 13.1 Å². The van der Waals surface area contributed by atoms with Gasteiger partial charge in [-0.3, -0.25) is 9.80 Å². The molecule has 0 spiro atoms. The van der Waals surface area contributed by atoms with E-state index in [4.69, 9.17) is 4.74 Å². The maximum Gasteiger partial charge on any atom is 0.138 e. The average molecular weight is 413 g/mol. The van der Waals surface area contributed by atoms with Crippen molar-refractivity contribution in [2.24, 2.45) is 0 Å². The van der Waals surface area contributed by atoms with Gasteiger partial charge in [0.15, 0.2) is 0 Å². The molecule has 2 unspecified atom stereocenters. The van der Waals surface area contributed by atoms with Crippen molar-refractivity contribution < 1.29 is 19.0 Å². The van der Waals surface area contributed by atoms with Crippen molar-refractivity contribution in [3.05, 3.63) is 65.5 Å². The molecule has 2 heterocycles. The number of aliphatic hydroxyl groups excluding tert-OH is 1. The van der Waals surface area contributed by atoms with Crippen LogP contribution in [-0.4, -0.2) is 66.1 Å². The van der Waals surface area contributed by atoms with E-state index in [9.17, 15) is 14.3 Å². The van der Waals surface area contributed by atoms with Crippen LogP contribution in [0.25, 0.3) is 0 Å². The van der Waals surface area contributed by atoms with Crippen LogP contribution in [0.1, 0.15) is 29.9 Å². The molecular formula is C24H29FN2O3. The Morgan fingerprint density at radius 2 is 1.83 bits per heavy atom. The van der Waals surface area contributed by atoms with Gasteiger partial charge in [-0.1, -0.05) is 24.3 Å². The number of piperidine rings is 1. The zero-order valence-corrected chi connectivity index (χ0v) is 17.3. The first kappa shape index (κ1) is 21.0. The summed E-state index contributed by atoms with van der Waals surface area (Å²) in [6, 6.07) is 14.3. The number of rotatable bonds is 6. The Labute approximate surface area is 177 Å². The van der Waals surface area contributed by atoms with Gasteiger partial charge in [-0.2, -0.15) is 0 Å². The van der Waals surface area contributed by atoms with Crippen LogP contribution in [0.2, 0.25) is 0 Å². The Balaban J connectivity index is 1.39. The number of hydrogen-bond acceptors (Lipinski definition) is 5. The van der Waals surface area contributed by atoms with E-state index >= 15 is 0 Å². The molecule has 2 aliphatic heterocycles. The molecule has 160 valence electrons. The van der Waals surface area contributed by atoms with Gasteiger partial charge in [-0.25, -0.2) is 4.39 Å². The molecule has 6 heteroatoms. The molecule has 30 heavy (non-hydrogen) atoms. The standard InChI is InChI=1S/C24H29FN2O3/c1-30-20-8-4-18(5-9-20)21-10-12-27(15-24(21)29)22-11-13-26(23(22)16-28)14-17-2-6-19(25)7-3-17/h2-9,16,21-24,29H,10-15H2,1H3/t21-,22?,23?,24+/m1/s1. The van der Waals surface area contributed by atoms with Gasteiger partial charge in [0, 0.05) is 31.6 Å². The number of benzene rings is 2. The minimum atomic E-state index is -0.467. The van der Waals surface area contributed by atoms with Crippen molar-refractivity contribution >= 4 is 6.29 Å². The topological polar surface area (TPSA) is 53.0 Å². The Hall–Kier alpha value is -2.28. The summed E-state index contributed by atoms with van der Waals surface area (Å²) in [5.74, 6) is 0.656. The second-order valence-corrected chi connectivity index (χ2v) is 8.31. The lowest BCUT2D eigenvalue weighted by Gasteiger charge is -2.41. The van der Waals surface area contributed by atoms with E-state index in [1.807, 2.05) is 24.3 Å². The number of halogens is 1. The van der Waals surface area contributed by atoms with E-state index in [1.54, 1.807) is 19.2 Å². The molecule has 0 radical (unpaired) electrons. The molecule has 1 N–H and O–H groups in total. The molecule has 2 saturated heterocycles. The van der Waals surface area contributed by atoms with Crippen molar-refractivity contribution in [1.29, 1.82) is 0 Å². The van der Waals surface area contributed by atoms with Crippen molar-refractivity contribution in [3.63, 3.8) is 0 Å². The van der Waals surface area contributed by atoms with Crippen molar-refractivity contribution in [2.45, 2.75) is 43.5 Å². The lowest BCUT2D eigenvalue weighted by atomic mass is 9.86. The largest absolute Gasteiger partial charge is 0.497 e. The summed E-state index contributed by atoms with van der Waals surface area (Å²) in [6.07, 6.45) is 2.31. The fourth-order valence-corrected chi connectivity index (χ4v) is 4.94. The molecule has 2 aromatic carbocycles. The Bertz CT molecular complexity index is 843. The van der Waals surface area contributed by atoms with Crippen LogP contribution in [0.15, 0.2) is 48.5 Å². The van der Waals surface area contributed by atoms with Crippen LogP contribution in [-0.2, 0) is 11.3 Å². The number of ether oxygens (including phenoxy) is 1. The number of likely N-dealkylation sites (tertiary alicyclic amines) is 2. The number of methoxy groups -OCH3 is 1. The fourth-order valence-electron chi connectivity index (χ4n) is 4.94. The molecule has 4 rings (SSSR count). The minimum absolute atomic E-state index is 0.0959. The molecule has 2 aliphatic rings. The third-order valence-corrected chi connectivity index (χ3v) is 6.59. The van der Waals surface area contributed by atoms with E-state index in [-0.39, 0.29) is 23.8 Å². The first-order valence-corrected chi connectivity index (χ1v) is 10.6. The number of carbonyl (C=O) groups excluding carboxylic acids is 1. The molecule has 0 aliphatic carbocycles. The van der Waals surface area contributed by atoms with Crippen LogP contribution in [0.5, 0.6) is 5.75 Å². The summed E-state index contributed by atoms with van der Waals surface area (Å²) < 4.78 is 18.4. The first-order valence-electron chi connectivity index (χ1n) is 10.6. The average Bonchev–Trinajstić information content (AvgIpc) is 3.18. The summed E-state index contributed by atoms with van der Waals surface area (Å²) in [4.78, 5) is 16.4. The van der Waals surface area contributed by atoms with Crippen LogP contribution in [0.4, 0.5) is 4.39 Å². The van der Waals surface area contributed by atoms with Gasteiger partial charge in [-0.05, 0) is 54.8 Å². The fraction of sp³-hybridized carbons (Fsp3) is 0.458. The van der Waals surface area contributed by atoms with Crippen LogP contribution in [0.3, 0.4) is 0 Å². The Morgan fingerprint density at radius 1 is 1.10 bits per heavy atom. The molecule has 2 aromatic rings. The highest BCUT2D eigenvalue weighted by Gasteiger charge is 2.40. The second kappa shape index (κ2) is 9.25. The van der Waals surface area contributed by atoms with Crippen LogP contribution < -0.4 is 4.74 Å². The van der Waals surface area contributed by atoms with Gasteiger partial charge in [0.2, 0.25) is 0 Å². The highest BCUT2D eigenvalue weighted by Crippen LogP contribution is 2.33. The molecule has 0 bridgehead atoms. The quantitative estimate of drug-likeness (QED) is 0.740. The van der Waals surface area contributed by atoms with E-state index in [0.717, 1.165) is 49.1 Å². The molecule has 4 atom stereocenters. The van der Waals surface area contributed by atoms with Gasteiger partial charge in [0.05, 0.1) is 19.3 Å². The van der Waals surface area contributed by atoms with E-state index in [2.05, 4.69) is 9.80 Å². The lowest BCUT2D eigenvalue weighted by Crippen LogP contribution is -2.52. The highest BCUT2D eigenvalue weighted by molar-refractivity contribution is 5.60. The normalized spacial score (nSPS) is 27.8. The second-order valence-electron chi connectivity index (χ2n) is 8.31. The zero-order valence-electron chi connectivity index (χ0n) is 17.3. The van der Waals surface area contributed by atoms with Gasteiger partial charge < -0.3 is 14.6 Å². The number of carbonyl (C=O) groups is 1. The zero-order chi connectivity index (χ0) is 21.1. The van der Waals surface area contributed by atoms with Crippen molar-refractivity contribution in [3.8, 4) is 5.75 Å². The van der Waals surface area contributed by atoms with Crippen LogP contribution >= 0.6 is 0 Å². The Kier molecular flexibility index (Phi) is 6.46. The predicted molar refractivity (Wildman–Crippen MR) is 113 cm³/mol. The van der Waals surface area contributed by atoms with E-state index < -0.39 is 6.10 Å². The Morgan fingerprint density at radius 3 is 2.47 bits per heavy atom.